The summed E-state index contributed by atoms with van der Waals surface area (Å²) in [4.78, 5) is 29.2. The molecule has 0 bridgehead atoms. The Bertz CT molecular complexity index is 443. The lowest BCUT2D eigenvalue weighted by Gasteiger charge is -2.46. The minimum Gasteiger partial charge on any atom is -0.383 e. The minimum absolute atomic E-state index is 0.210. The van der Waals surface area contributed by atoms with Crippen molar-refractivity contribution in [2.24, 2.45) is 17.3 Å². The van der Waals surface area contributed by atoms with Crippen LogP contribution >= 0.6 is 0 Å². The average Bonchev–Trinajstić information content (AvgIpc) is 3.26. The Balaban J connectivity index is 1.58. The number of ether oxygens (including phenoxy) is 1. The Hall–Kier alpha value is -1.10. The van der Waals surface area contributed by atoms with Gasteiger partial charge in [0.25, 0.3) is 0 Å². The molecule has 0 aromatic rings. The van der Waals surface area contributed by atoms with E-state index >= 15 is 0 Å². The molecule has 2 aliphatic heterocycles. The third-order valence-electron chi connectivity index (χ3n) is 5.85. The summed E-state index contributed by atoms with van der Waals surface area (Å²) in [5.74, 6) is 1.43. The highest BCUT2D eigenvalue weighted by Crippen LogP contribution is 2.43. The summed E-state index contributed by atoms with van der Waals surface area (Å²) in [6, 6.07) is 0. The van der Waals surface area contributed by atoms with Crippen LogP contribution in [0.15, 0.2) is 0 Å². The predicted molar refractivity (Wildman–Crippen MR) is 83.2 cm³/mol. The normalized spacial score (nSPS) is 30.7. The molecule has 2 saturated heterocycles. The van der Waals surface area contributed by atoms with Crippen LogP contribution in [0.1, 0.15) is 39.0 Å². The van der Waals surface area contributed by atoms with Gasteiger partial charge in [0, 0.05) is 39.2 Å². The van der Waals surface area contributed by atoms with Crippen molar-refractivity contribution in [2.45, 2.75) is 39.0 Å². The molecule has 3 aliphatic rings. The van der Waals surface area contributed by atoms with Crippen molar-refractivity contribution in [3.05, 3.63) is 0 Å². The highest BCUT2D eigenvalue weighted by molar-refractivity contribution is 5.85. The second kappa shape index (κ2) is 6.19. The molecule has 1 aliphatic carbocycles. The number of likely N-dealkylation sites (tertiary alicyclic amines) is 2. The van der Waals surface area contributed by atoms with Gasteiger partial charge in [0.2, 0.25) is 11.8 Å². The molecule has 3 rings (SSSR count). The molecule has 1 spiro atoms. The minimum atomic E-state index is -0.210. The summed E-state index contributed by atoms with van der Waals surface area (Å²) in [5.41, 5.74) is -0.210. The number of hydrogen-bond donors (Lipinski definition) is 0. The lowest BCUT2D eigenvalue weighted by Crippen LogP contribution is -2.55. The Morgan fingerprint density at radius 2 is 1.95 bits per heavy atom. The molecular formula is C17H28N2O3. The summed E-state index contributed by atoms with van der Waals surface area (Å²) in [6.07, 6.45) is 4.77. The van der Waals surface area contributed by atoms with Gasteiger partial charge in [-0.15, -0.1) is 0 Å². The SMILES string of the molecule is COCCN1CCCC2(CCN(C(=O)[C@H]3C[C@@H]3C)CC2)C1=O. The molecule has 0 unspecified atom stereocenters. The van der Waals surface area contributed by atoms with Crippen LogP contribution in [0.4, 0.5) is 0 Å². The van der Waals surface area contributed by atoms with Gasteiger partial charge >= 0.3 is 0 Å². The molecule has 1 saturated carbocycles. The van der Waals surface area contributed by atoms with Gasteiger partial charge in [-0.25, -0.2) is 0 Å². The van der Waals surface area contributed by atoms with Crippen LogP contribution in [0, 0.1) is 17.3 Å². The zero-order valence-corrected chi connectivity index (χ0v) is 13.8. The fraction of sp³-hybridized carbons (Fsp3) is 0.882. The summed E-state index contributed by atoms with van der Waals surface area (Å²) in [7, 11) is 1.67. The number of methoxy groups -OCH3 is 1. The highest BCUT2D eigenvalue weighted by atomic mass is 16.5. The quantitative estimate of drug-likeness (QED) is 0.791. The maximum absolute atomic E-state index is 12.8. The van der Waals surface area contributed by atoms with Gasteiger partial charge in [0.15, 0.2) is 0 Å². The molecule has 5 heteroatoms. The van der Waals surface area contributed by atoms with Crippen LogP contribution < -0.4 is 0 Å². The van der Waals surface area contributed by atoms with Crippen molar-refractivity contribution in [2.75, 3.05) is 39.9 Å². The molecule has 2 atom stereocenters. The first kappa shape index (κ1) is 15.8. The van der Waals surface area contributed by atoms with E-state index in [9.17, 15) is 9.59 Å². The predicted octanol–water partition coefficient (Wildman–Crippen LogP) is 1.52. The molecule has 124 valence electrons. The van der Waals surface area contributed by atoms with Gasteiger partial charge in [0.05, 0.1) is 12.0 Å². The van der Waals surface area contributed by atoms with Crippen molar-refractivity contribution < 1.29 is 14.3 Å². The van der Waals surface area contributed by atoms with E-state index in [1.54, 1.807) is 7.11 Å². The lowest BCUT2D eigenvalue weighted by atomic mass is 9.71. The molecule has 0 radical (unpaired) electrons. The average molecular weight is 308 g/mol. The number of nitrogens with zero attached hydrogens (tertiary/aromatic N) is 2. The first-order valence-electron chi connectivity index (χ1n) is 8.64. The molecule has 0 aromatic heterocycles. The van der Waals surface area contributed by atoms with E-state index in [0.29, 0.717) is 30.9 Å². The monoisotopic (exact) mass is 308 g/mol. The van der Waals surface area contributed by atoms with Crippen LogP contribution in [0.5, 0.6) is 0 Å². The number of piperidine rings is 2. The fourth-order valence-electron chi connectivity index (χ4n) is 4.09. The molecule has 2 heterocycles. The van der Waals surface area contributed by atoms with Crippen LogP contribution in [-0.2, 0) is 14.3 Å². The fourth-order valence-corrected chi connectivity index (χ4v) is 4.09. The van der Waals surface area contributed by atoms with E-state index < -0.39 is 0 Å². The van der Waals surface area contributed by atoms with E-state index in [4.69, 9.17) is 4.74 Å². The second-order valence-electron chi connectivity index (χ2n) is 7.31. The first-order chi connectivity index (χ1) is 10.6. The zero-order chi connectivity index (χ0) is 15.7. The second-order valence-corrected chi connectivity index (χ2v) is 7.31. The largest absolute Gasteiger partial charge is 0.383 e. The van der Waals surface area contributed by atoms with E-state index in [1.165, 1.54) is 0 Å². The topological polar surface area (TPSA) is 49.9 Å². The molecule has 0 N–H and O–H groups in total. The summed E-state index contributed by atoms with van der Waals surface area (Å²) in [5, 5.41) is 0. The standard InChI is InChI=1S/C17H28N2O3/c1-13-12-14(13)15(20)18-8-5-17(6-9-18)4-3-7-19(16(17)21)10-11-22-2/h13-14H,3-12H2,1-2H3/t13-,14-/m0/s1. The molecule has 2 amide bonds. The molecule has 5 nitrogen and oxygen atoms in total. The van der Waals surface area contributed by atoms with Crippen molar-refractivity contribution >= 4 is 11.8 Å². The van der Waals surface area contributed by atoms with Crippen LogP contribution in [-0.4, -0.2) is 61.5 Å². The number of carbonyl (C=O) groups excluding carboxylic acids is 2. The first-order valence-corrected chi connectivity index (χ1v) is 8.64. The van der Waals surface area contributed by atoms with E-state index in [1.807, 2.05) is 9.80 Å². The Labute approximate surface area is 133 Å². The number of hydrogen-bond acceptors (Lipinski definition) is 3. The summed E-state index contributed by atoms with van der Waals surface area (Å²) < 4.78 is 5.11. The Morgan fingerprint density at radius 3 is 2.55 bits per heavy atom. The van der Waals surface area contributed by atoms with Crippen LogP contribution in [0.3, 0.4) is 0 Å². The summed E-state index contributed by atoms with van der Waals surface area (Å²) in [6.45, 7) is 5.81. The van der Waals surface area contributed by atoms with Crippen LogP contribution in [0.25, 0.3) is 0 Å². The van der Waals surface area contributed by atoms with Gasteiger partial charge in [-0.3, -0.25) is 9.59 Å². The van der Waals surface area contributed by atoms with E-state index in [0.717, 1.165) is 51.7 Å². The highest BCUT2D eigenvalue weighted by Gasteiger charge is 2.48. The number of carbonyl (C=O) groups is 2. The zero-order valence-electron chi connectivity index (χ0n) is 13.8. The van der Waals surface area contributed by atoms with Crippen molar-refractivity contribution in [1.29, 1.82) is 0 Å². The maximum Gasteiger partial charge on any atom is 0.229 e. The van der Waals surface area contributed by atoms with Crippen molar-refractivity contribution in [3.8, 4) is 0 Å². The van der Waals surface area contributed by atoms with Gasteiger partial charge in [-0.1, -0.05) is 6.92 Å². The molecule has 3 fully saturated rings. The van der Waals surface area contributed by atoms with Gasteiger partial charge in [0.1, 0.15) is 0 Å². The molecule has 0 aromatic carbocycles. The van der Waals surface area contributed by atoms with Crippen molar-refractivity contribution in [3.63, 3.8) is 0 Å². The van der Waals surface area contributed by atoms with Gasteiger partial charge in [-0.05, 0) is 38.0 Å². The Kier molecular flexibility index (Phi) is 4.44. The van der Waals surface area contributed by atoms with Gasteiger partial charge < -0.3 is 14.5 Å². The van der Waals surface area contributed by atoms with Gasteiger partial charge in [-0.2, -0.15) is 0 Å². The smallest absolute Gasteiger partial charge is 0.229 e. The Morgan fingerprint density at radius 1 is 1.27 bits per heavy atom. The number of rotatable bonds is 4. The molecule has 22 heavy (non-hydrogen) atoms. The van der Waals surface area contributed by atoms with E-state index in [2.05, 4.69) is 6.92 Å². The number of amides is 2. The third-order valence-corrected chi connectivity index (χ3v) is 5.85. The summed E-state index contributed by atoms with van der Waals surface area (Å²) >= 11 is 0. The molecular weight excluding hydrogens is 280 g/mol. The maximum atomic E-state index is 12.8. The van der Waals surface area contributed by atoms with Crippen LogP contribution in [0.2, 0.25) is 0 Å². The lowest BCUT2D eigenvalue weighted by molar-refractivity contribution is -0.153. The van der Waals surface area contributed by atoms with Crippen molar-refractivity contribution in [1.82, 2.24) is 9.80 Å². The third kappa shape index (κ3) is 2.87. The van der Waals surface area contributed by atoms with E-state index in [-0.39, 0.29) is 11.3 Å².